The van der Waals surface area contributed by atoms with E-state index in [1.807, 2.05) is 0 Å². The number of likely N-dealkylation sites (tertiary alicyclic amines) is 1. The van der Waals surface area contributed by atoms with Gasteiger partial charge in [-0.15, -0.1) is 0 Å². The van der Waals surface area contributed by atoms with Gasteiger partial charge in [0.15, 0.2) is 0 Å². The molecule has 6 nitrogen and oxygen atoms in total. The van der Waals surface area contributed by atoms with Crippen molar-refractivity contribution in [2.75, 3.05) is 6.61 Å². The van der Waals surface area contributed by atoms with Crippen molar-refractivity contribution in [1.82, 2.24) is 4.90 Å². The van der Waals surface area contributed by atoms with Gasteiger partial charge in [0.05, 0.1) is 12.6 Å². The number of aliphatic hydroxyl groups is 5. The van der Waals surface area contributed by atoms with E-state index in [0.717, 1.165) is 0 Å². The van der Waals surface area contributed by atoms with Crippen molar-refractivity contribution >= 4 is 23.2 Å². The molecule has 0 amide bonds. The number of piperidine rings is 1. The van der Waals surface area contributed by atoms with Gasteiger partial charge in [-0.1, -0.05) is 29.3 Å². The van der Waals surface area contributed by atoms with Crippen LogP contribution in [0, 0.1) is 0 Å². The highest BCUT2D eigenvalue weighted by molar-refractivity contribution is 6.35. The van der Waals surface area contributed by atoms with Crippen LogP contribution in [-0.4, -0.2) is 67.6 Å². The zero-order valence-corrected chi connectivity index (χ0v) is 12.5. The smallest absolute Gasteiger partial charge is 0.136 e. The maximum Gasteiger partial charge on any atom is 0.136 e. The van der Waals surface area contributed by atoms with E-state index in [9.17, 15) is 25.5 Å². The third kappa shape index (κ3) is 3.33. The summed E-state index contributed by atoms with van der Waals surface area (Å²) in [5.74, 6) is 0. The van der Waals surface area contributed by atoms with Crippen molar-refractivity contribution < 1.29 is 25.5 Å². The Morgan fingerprint density at radius 3 is 2.24 bits per heavy atom. The summed E-state index contributed by atoms with van der Waals surface area (Å²) in [4.78, 5) is 1.29. The summed E-state index contributed by atoms with van der Waals surface area (Å²) in [6.45, 7) is -0.420. The number of aliphatic hydroxyl groups excluding tert-OH is 5. The highest BCUT2D eigenvalue weighted by Gasteiger charge is 2.46. The molecule has 0 bridgehead atoms. The second kappa shape index (κ2) is 6.76. The van der Waals surface area contributed by atoms with Crippen LogP contribution in [0.5, 0.6) is 0 Å². The highest BCUT2D eigenvalue weighted by atomic mass is 35.5. The Hall–Kier alpha value is -0.440. The van der Waals surface area contributed by atoms with Gasteiger partial charge in [-0.3, -0.25) is 4.90 Å². The summed E-state index contributed by atoms with van der Waals surface area (Å²) < 4.78 is 0. The summed E-state index contributed by atoms with van der Waals surface area (Å²) in [6.07, 6.45) is -5.91. The molecule has 0 aliphatic carbocycles. The first-order chi connectivity index (χ1) is 9.86. The van der Waals surface area contributed by atoms with Gasteiger partial charge in [-0.05, 0) is 17.7 Å². The summed E-state index contributed by atoms with van der Waals surface area (Å²) in [5, 5.41) is 49.6. The van der Waals surface area contributed by atoms with Gasteiger partial charge in [-0.25, -0.2) is 0 Å². The molecule has 1 aromatic carbocycles. The van der Waals surface area contributed by atoms with Crippen LogP contribution in [0.1, 0.15) is 5.56 Å². The molecule has 1 aliphatic rings. The fourth-order valence-electron chi connectivity index (χ4n) is 2.46. The Balaban J connectivity index is 2.26. The molecular formula is C13H17Cl2NO5. The van der Waals surface area contributed by atoms with Crippen molar-refractivity contribution in [2.24, 2.45) is 0 Å². The maximum absolute atomic E-state index is 10.1. The molecule has 5 atom stereocenters. The molecule has 21 heavy (non-hydrogen) atoms. The minimum atomic E-state index is -1.55. The lowest BCUT2D eigenvalue weighted by atomic mass is 9.92. The van der Waals surface area contributed by atoms with Crippen molar-refractivity contribution in [3.8, 4) is 0 Å². The molecule has 1 unspecified atom stereocenters. The lowest BCUT2D eigenvalue weighted by molar-refractivity contribution is -0.225. The predicted octanol–water partition coefficient (Wildman–Crippen LogP) is -0.429. The fourth-order valence-corrected chi connectivity index (χ4v) is 2.93. The van der Waals surface area contributed by atoms with Crippen LogP contribution in [0.15, 0.2) is 18.2 Å². The van der Waals surface area contributed by atoms with E-state index in [-0.39, 0.29) is 6.54 Å². The quantitative estimate of drug-likeness (QED) is 0.512. The Labute approximate surface area is 131 Å². The van der Waals surface area contributed by atoms with Gasteiger partial charge in [0, 0.05) is 16.6 Å². The Kier molecular flexibility index (Phi) is 5.45. The van der Waals surface area contributed by atoms with Gasteiger partial charge in [0.2, 0.25) is 0 Å². The number of hydrogen-bond donors (Lipinski definition) is 5. The average Bonchev–Trinajstić information content (AvgIpc) is 2.45. The third-order valence-electron chi connectivity index (χ3n) is 3.72. The minimum absolute atomic E-state index is 0.0727. The van der Waals surface area contributed by atoms with Crippen LogP contribution in [0.4, 0.5) is 0 Å². The lowest BCUT2D eigenvalue weighted by Crippen LogP contribution is -2.66. The van der Waals surface area contributed by atoms with Crippen LogP contribution in [-0.2, 0) is 6.54 Å². The lowest BCUT2D eigenvalue weighted by Gasteiger charge is -2.46. The molecule has 2 rings (SSSR count). The molecule has 1 fully saturated rings. The van der Waals surface area contributed by atoms with Gasteiger partial charge in [0.25, 0.3) is 0 Å². The molecule has 0 radical (unpaired) electrons. The summed E-state index contributed by atoms with van der Waals surface area (Å²) in [6, 6.07) is 3.87. The first-order valence-corrected chi connectivity index (χ1v) is 7.15. The number of nitrogens with zero attached hydrogens (tertiary/aromatic N) is 1. The average molecular weight is 338 g/mol. The summed E-state index contributed by atoms with van der Waals surface area (Å²) >= 11 is 11.9. The Morgan fingerprint density at radius 1 is 1.00 bits per heavy atom. The summed E-state index contributed by atoms with van der Waals surface area (Å²) in [7, 11) is 0. The molecule has 1 aliphatic heterocycles. The topological polar surface area (TPSA) is 104 Å². The maximum atomic E-state index is 10.1. The van der Waals surface area contributed by atoms with Crippen LogP contribution < -0.4 is 0 Å². The van der Waals surface area contributed by atoms with Crippen molar-refractivity contribution in [1.29, 1.82) is 0 Å². The van der Waals surface area contributed by atoms with Gasteiger partial charge < -0.3 is 25.5 Å². The first-order valence-electron chi connectivity index (χ1n) is 6.39. The zero-order chi connectivity index (χ0) is 15.7. The zero-order valence-electron chi connectivity index (χ0n) is 11.0. The SMILES string of the molecule is OC[C@@H]1[C@@H](O)[C@H](O)[C@@H](O)C(O)N1Cc1ccc(Cl)cc1Cl. The first kappa shape index (κ1) is 16.9. The van der Waals surface area contributed by atoms with Crippen molar-refractivity contribution in [2.45, 2.75) is 37.1 Å². The van der Waals surface area contributed by atoms with Crippen LogP contribution in [0.3, 0.4) is 0 Å². The largest absolute Gasteiger partial charge is 0.395 e. The third-order valence-corrected chi connectivity index (χ3v) is 4.31. The van der Waals surface area contributed by atoms with Crippen LogP contribution in [0.2, 0.25) is 10.0 Å². The van der Waals surface area contributed by atoms with Gasteiger partial charge in [-0.2, -0.15) is 0 Å². The molecule has 1 heterocycles. The predicted molar refractivity (Wildman–Crippen MR) is 76.9 cm³/mol. The van der Waals surface area contributed by atoms with E-state index in [2.05, 4.69) is 0 Å². The second-order valence-corrected chi connectivity index (χ2v) is 5.89. The molecule has 5 N–H and O–H groups in total. The van der Waals surface area contributed by atoms with Gasteiger partial charge >= 0.3 is 0 Å². The fraction of sp³-hybridized carbons (Fsp3) is 0.538. The number of halogens is 2. The Bertz CT molecular complexity index is 503. The monoisotopic (exact) mass is 337 g/mol. The molecule has 0 saturated carbocycles. The standard InChI is InChI=1S/C13H17Cl2NO5/c14-7-2-1-6(8(15)3-7)4-16-9(5-17)10(18)11(19)12(20)13(16)21/h1-3,9-13,17-21H,4-5H2/t9-,10-,11+,12-,13?/m1/s1. The van der Waals surface area contributed by atoms with Crippen molar-refractivity contribution in [3.63, 3.8) is 0 Å². The van der Waals surface area contributed by atoms with Crippen LogP contribution in [0.25, 0.3) is 0 Å². The molecule has 0 spiro atoms. The normalized spacial score (nSPS) is 34.1. The van der Waals surface area contributed by atoms with E-state index < -0.39 is 37.2 Å². The second-order valence-electron chi connectivity index (χ2n) is 5.04. The minimum Gasteiger partial charge on any atom is -0.395 e. The number of hydrogen-bond acceptors (Lipinski definition) is 6. The molecule has 8 heteroatoms. The highest BCUT2D eigenvalue weighted by Crippen LogP contribution is 2.28. The Morgan fingerprint density at radius 2 is 1.67 bits per heavy atom. The molecule has 118 valence electrons. The van der Waals surface area contributed by atoms with E-state index >= 15 is 0 Å². The van der Waals surface area contributed by atoms with Gasteiger partial charge in [0.1, 0.15) is 24.5 Å². The van der Waals surface area contributed by atoms with Crippen molar-refractivity contribution in [3.05, 3.63) is 33.8 Å². The number of benzene rings is 1. The van der Waals surface area contributed by atoms with Crippen LogP contribution >= 0.6 is 23.2 Å². The summed E-state index contributed by atoms with van der Waals surface area (Å²) in [5.41, 5.74) is 0.606. The number of rotatable bonds is 3. The van der Waals surface area contributed by atoms with E-state index in [1.165, 1.54) is 11.0 Å². The van der Waals surface area contributed by atoms with E-state index in [0.29, 0.717) is 15.6 Å². The molecular weight excluding hydrogens is 321 g/mol. The molecule has 1 aromatic rings. The van der Waals surface area contributed by atoms with E-state index in [4.69, 9.17) is 23.2 Å². The molecule has 1 saturated heterocycles. The van der Waals surface area contributed by atoms with E-state index in [1.54, 1.807) is 12.1 Å². The molecule has 0 aromatic heterocycles.